The highest BCUT2D eigenvalue weighted by atomic mass is 16.5. The normalized spacial score (nSPS) is 39.0. The molecule has 0 bridgehead atoms. The first-order valence-electron chi connectivity index (χ1n) is 8.73. The molecule has 3 unspecified atom stereocenters. The van der Waals surface area contributed by atoms with Crippen LogP contribution in [0.2, 0.25) is 0 Å². The molecule has 1 fully saturated rings. The molecule has 0 saturated heterocycles. The fourth-order valence-corrected chi connectivity index (χ4v) is 5.58. The molecule has 0 radical (unpaired) electrons. The van der Waals surface area contributed by atoms with Gasteiger partial charge in [-0.2, -0.15) is 0 Å². The van der Waals surface area contributed by atoms with Crippen molar-refractivity contribution in [3.05, 3.63) is 41.5 Å². The largest absolute Gasteiger partial charge is 0.497 e. The highest BCUT2D eigenvalue weighted by Gasteiger charge is 2.53. The first-order chi connectivity index (χ1) is 10.7. The molecular formula is C20H26O2. The molecule has 0 heterocycles. The highest BCUT2D eigenvalue weighted by Crippen LogP contribution is 2.60. The van der Waals surface area contributed by atoms with E-state index in [1.165, 1.54) is 24.0 Å². The molecular weight excluding hydrogens is 272 g/mol. The molecule has 3 aliphatic carbocycles. The zero-order chi connectivity index (χ0) is 15.3. The number of allylic oxidation sites excluding steroid dienone is 1. The molecule has 0 spiro atoms. The number of ether oxygens (including phenoxy) is 1. The van der Waals surface area contributed by atoms with Gasteiger partial charge in [-0.1, -0.05) is 25.1 Å². The van der Waals surface area contributed by atoms with Crippen molar-refractivity contribution in [3.63, 3.8) is 0 Å². The van der Waals surface area contributed by atoms with E-state index in [9.17, 15) is 5.11 Å². The van der Waals surface area contributed by atoms with Gasteiger partial charge >= 0.3 is 0 Å². The van der Waals surface area contributed by atoms with Crippen molar-refractivity contribution < 1.29 is 9.84 Å². The maximum Gasteiger partial charge on any atom is 0.119 e. The van der Waals surface area contributed by atoms with Crippen LogP contribution in [0.4, 0.5) is 0 Å². The molecule has 3 aliphatic rings. The smallest absolute Gasteiger partial charge is 0.119 e. The van der Waals surface area contributed by atoms with Crippen LogP contribution in [0.1, 0.15) is 49.7 Å². The summed E-state index contributed by atoms with van der Waals surface area (Å²) in [6.45, 7) is 2.26. The Kier molecular flexibility index (Phi) is 3.34. The average Bonchev–Trinajstić information content (AvgIpc) is 2.91. The summed E-state index contributed by atoms with van der Waals surface area (Å²) < 4.78 is 5.39. The third kappa shape index (κ3) is 1.83. The zero-order valence-electron chi connectivity index (χ0n) is 13.6. The van der Waals surface area contributed by atoms with Crippen LogP contribution in [0.5, 0.6) is 5.75 Å². The van der Waals surface area contributed by atoms with Crippen LogP contribution in [-0.2, 0) is 6.42 Å². The van der Waals surface area contributed by atoms with Crippen LogP contribution in [-0.4, -0.2) is 18.3 Å². The lowest BCUT2D eigenvalue weighted by Gasteiger charge is -2.51. The third-order valence-electron chi connectivity index (χ3n) is 6.81. The second-order valence-electron chi connectivity index (χ2n) is 7.35. The number of methoxy groups -OCH3 is 1. The van der Waals surface area contributed by atoms with E-state index in [1.54, 1.807) is 7.11 Å². The van der Waals surface area contributed by atoms with Crippen LogP contribution in [0.3, 0.4) is 0 Å². The third-order valence-corrected chi connectivity index (χ3v) is 6.81. The van der Waals surface area contributed by atoms with Gasteiger partial charge in [-0.3, -0.25) is 0 Å². The fourth-order valence-electron chi connectivity index (χ4n) is 5.58. The summed E-state index contributed by atoms with van der Waals surface area (Å²) >= 11 is 0. The number of rotatable bonds is 2. The molecule has 2 heteroatoms. The zero-order valence-corrected chi connectivity index (χ0v) is 13.6. The number of fused-ring (bicyclic) bond motifs is 5. The van der Waals surface area contributed by atoms with Crippen molar-refractivity contribution in [3.8, 4) is 5.75 Å². The van der Waals surface area contributed by atoms with Gasteiger partial charge < -0.3 is 9.84 Å². The summed E-state index contributed by atoms with van der Waals surface area (Å²) in [5.74, 6) is 2.89. The second kappa shape index (κ2) is 5.13. The number of hydrogen-bond acceptors (Lipinski definition) is 2. The molecule has 0 aliphatic heterocycles. The van der Waals surface area contributed by atoms with Crippen molar-refractivity contribution in [1.82, 2.24) is 0 Å². The highest BCUT2D eigenvalue weighted by molar-refractivity contribution is 5.41. The van der Waals surface area contributed by atoms with Gasteiger partial charge in [0.25, 0.3) is 0 Å². The van der Waals surface area contributed by atoms with E-state index in [1.807, 2.05) is 0 Å². The number of hydrogen-bond donors (Lipinski definition) is 1. The molecule has 1 saturated carbocycles. The summed E-state index contributed by atoms with van der Waals surface area (Å²) in [4.78, 5) is 0. The quantitative estimate of drug-likeness (QED) is 0.834. The Bertz CT molecular complexity index is 606. The maximum absolute atomic E-state index is 10.5. The van der Waals surface area contributed by atoms with Crippen LogP contribution in [0.25, 0.3) is 0 Å². The first kappa shape index (κ1) is 14.3. The number of benzene rings is 1. The van der Waals surface area contributed by atoms with Gasteiger partial charge in [-0.05, 0) is 73.1 Å². The topological polar surface area (TPSA) is 29.5 Å². The average molecular weight is 298 g/mol. The summed E-state index contributed by atoms with van der Waals surface area (Å²) in [6.07, 6.45) is 10.0. The predicted octanol–water partition coefficient (Wildman–Crippen LogP) is 4.08. The van der Waals surface area contributed by atoms with Gasteiger partial charge in [-0.15, -0.1) is 0 Å². The Morgan fingerprint density at radius 1 is 1.27 bits per heavy atom. The molecule has 1 aromatic carbocycles. The lowest BCUT2D eigenvalue weighted by molar-refractivity contribution is -0.0273. The van der Waals surface area contributed by atoms with Crippen LogP contribution < -0.4 is 4.74 Å². The van der Waals surface area contributed by atoms with E-state index in [4.69, 9.17) is 4.74 Å². The van der Waals surface area contributed by atoms with Crippen molar-refractivity contribution in [1.29, 1.82) is 0 Å². The molecule has 4 rings (SSSR count). The van der Waals surface area contributed by atoms with Crippen molar-refractivity contribution >= 4 is 0 Å². The predicted molar refractivity (Wildman–Crippen MR) is 88.1 cm³/mol. The van der Waals surface area contributed by atoms with Gasteiger partial charge in [0.05, 0.1) is 13.2 Å². The van der Waals surface area contributed by atoms with Crippen LogP contribution in [0, 0.1) is 17.3 Å². The van der Waals surface area contributed by atoms with Gasteiger partial charge in [0.2, 0.25) is 0 Å². The van der Waals surface area contributed by atoms with Crippen LogP contribution >= 0.6 is 0 Å². The second-order valence-corrected chi connectivity index (χ2v) is 7.35. The van der Waals surface area contributed by atoms with Gasteiger partial charge in [0.1, 0.15) is 5.75 Å². The summed E-state index contributed by atoms with van der Waals surface area (Å²) in [7, 11) is 1.74. The Balaban J connectivity index is 1.70. The summed E-state index contributed by atoms with van der Waals surface area (Å²) in [5.41, 5.74) is 3.13. The Labute approximate surface area is 133 Å². The number of aliphatic hydroxyl groups excluding tert-OH is 1. The minimum atomic E-state index is -0.235. The Morgan fingerprint density at radius 2 is 2.14 bits per heavy atom. The fraction of sp³-hybridized carbons (Fsp3) is 0.600. The maximum atomic E-state index is 10.5. The lowest BCUT2D eigenvalue weighted by atomic mass is 9.54. The van der Waals surface area contributed by atoms with Crippen molar-refractivity contribution in [2.45, 2.75) is 51.0 Å². The number of aliphatic hydroxyl groups is 1. The first-order valence-corrected chi connectivity index (χ1v) is 8.73. The summed E-state index contributed by atoms with van der Waals surface area (Å²) in [5, 5.41) is 10.5. The van der Waals surface area contributed by atoms with E-state index in [2.05, 4.69) is 37.3 Å². The SMILES string of the molecule is CC[C@]12CCC3c4ccc(OC)cc4CCC3C1C=C[C@@H]2O. The Morgan fingerprint density at radius 3 is 2.91 bits per heavy atom. The molecule has 0 aromatic heterocycles. The van der Waals surface area contributed by atoms with Crippen molar-refractivity contribution in [2.75, 3.05) is 7.11 Å². The number of aryl methyl sites for hydroxylation is 1. The summed E-state index contributed by atoms with van der Waals surface area (Å²) in [6, 6.07) is 6.63. The monoisotopic (exact) mass is 298 g/mol. The van der Waals surface area contributed by atoms with Crippen LogP contribution in [0.15, 0.2) is 30.4 Å². The molecule has 5 atom stereocenters. The van der Waals surface area contributed by atoms with E-state index in [0.29, 0.717) is 17.8 Å². The van der Waals surface area contributed by atoms with Gasteiger partial charge in [0, 0.05) is 5.41 Å². The molecule has 2 nitrogen and oxygen atoms in total. The lowest BCUT2D eigenvalue weighted by Crippen LogP contribution is -2.46. The van der Waals surface area contributed by atoms with Crippen molar-refractivity contribution in [2.24, 2.45) is 17.3 Å². The van der Waals surface area contributed by atoms with Gasteiger partial charge in [-0.25, -0.2) is 0 Å². The van der Waals surface area contributed by atoms with E-state index in [-0.39, 0.29) is 11.5 Å². The standard InChI is InChI=1S/C20H26O2/c1-3-20-11-10-16-15-7-5-14(22-2)12-13(15)4-6-17(16)18(20)8-9-19(20)21/h5,7-9,12,16-19,21H,3-4,6,10-11H2,1-2H3/t16?,17?,18?,19-,20-/m0/s1. The Hall–Kier alpha value is -1.28. The molecule has 118 valence electrons. The van der Waals surface area contributed by atoms with Gasteiger partial charge in [0.15, 0.2) is 0 Å². The molecule has 22 heavy (non-hydrogen) atoms. The molecule has 1 N–H and O–H groups in total. The minimum Gasteiger partial charge on any atom is -0.497 e. The minimum absolute atomic E-state index is 0.116. The van der Waals surface area contributed by atoms with E-state index >= 15 is 0 Å². The molecule has 0 amide bonds. The van der Waals surface area contributed by atoms with E-state index < -0.39 is 0 Å². The molecule has 1 aromatic rings. The van der Waals surface area contributed by atoms with E-state index in [0.717, 1.165) is 25.0 Å².